The Labute approximate surface area is 194 Å². The summed E-state index contributed by atoms with van der Waals surface area (Å²) in [6.45, 7) is 0. The molecule has 1 aliphatic rings. The Morgan fingerprint density at radius 2 is 1.59 bits per heavy atom. The second kappa shape index (κ2) is 7.22. The average Bonchev–Trinajstić information content (AvgIpc) is 3.33. The normalized spacial score (nSPS) is 14.6. The summed E-state index contributed by atoms with van der Waals surface area (Å²) in [5.74, 6) is 1.36. The highest BCUT2D eigenvalue weighted by molar-refractivity contribution is 5.90. The summed E-state index contributed by atoms with van der Waals surface area (Å²) < 4.78 is 21.5. The van der Waals surface area contributed by atoms with Gasteiger partial charge in [0.15, 0.2) is 11.5 Å². The minimum atomic E-state index is -0.299. The van der Waals surface area contributed by atoms with Crippen molar-refractivity contribution in [3.8, 4) is 23.0 Å². The van der Waals surface area contributed by atoms with E-state index < -0.39 is 0 Å². The molecule has 0 aliphatic carbocycles. The number of benzene rings is 4. The van der Waals surface area contributed by atoms with Gasteiger partial charge in [0.2, 0.25) is 5.88 Å². The molecule has 6 aromatic rings. The second-order valence-corrected chi connectivity index (χ2v) is 8.32. The first-order chi connectivity index (χ1) is 16.8. The van der Waals surface area contributed by atoms with Crippen molar-refractivity contribution < 1.29 is 9.13 Å². The molecule has 0 unspecified atom stereocenters. The molecule has 7 rings (SSSR count). The lowest BCUT2D eigenvalue weighted by Gasteiger charge is -2.29. The number of ether oxygens (including phenoxy) is 1. The Balaban J connectivity index is 1.53. The van der Waals surface area contributed by atoms with Crippen molar-refractivity contribution in [2.45, 2.75) is 5.92 Å². The lowest BCUT2D eigenvalue weighted by molar-refractivity contribution is 0.433. The molecule has 2 aromatic heterocycles. The van der Waals surface area contributed by atoms with Gasteiger partial charge in [0.25, 0.3) is 0 Å². The first-order valence-electron chi connectivity index (χ1n) is 11.0. The summed E-state index contributed by atoms with van der Waals surface area (Å²) in [5, 5.41) is 6.90. The Morgan fingerprint density at radius 1 is 0.794 bits per heavy atom. The van der Waals surface area contributed by atoms with Gasteiger partial charge in [-0.1, -0.05) is 60.7 Å². The zero-order valence-corrected chi connectivity index (χ0v) is 17.9. The van der Waals surface area contributed by atoms with Gasteiger partial charge in [-0.15, -0.1) is 5.10 Å². The molecular formula is C28H17FN4O. The van der Waals surface area contributed by atoms with E-state index in [4.69, 9.17) is 9.72 Å². The second-order valence-electron chi connectivity index (χ2n) is 8.32. The van der Waals surface area contributed by atoms with Crippen molar-refractivity contribution in [3.63, 3.8) is 0 Å². The van der Waals surface area contributed by atoms with E-state index in [2.05, 4.69) is 40.4 Å². The maximum absolute atomic E-state index is 13.5. The molecule has 5 nitrogen and oxygen atoms in total. The number of halogens is 1. The SMILES string of the molecule is Fc1ccc(-c2nc3c4c(ncn3n2)Oc2ccc3ccccc3c2[C@@H]4c2ccccc2)cc1. The summed E-state index contributed by atoms with van der Waals surface area (Å²) in [4.78, 5) is 9.47. The molecule has 0 N–H and O–H groups in total. The lowest BCUT2D eigenvalue weighted by Crippen LogP contribution is -2.15. The molecule has 0 radical (unpaired) electrons. The number of hydrogen-bond donors (Lipinski definition) is 0. The highest BCUT2D eigenvalue weighted by Gasteiger charge is 2.34. The molecule has 3 heterocycles. The third kappa shape index (κ3) is 2.82. The van der Waals surface area contributed by atoms with E-state index in [0.717, 1.165) is 38.8 Å². The Morgan fingerprint density at radius 3 is 2.44 bits per heavy atom. The van der Waals surface area contributed by atoms with Crippen LogP contribution in [0.15, 0.2) is 97.3 Å². The zero-order chi connectivity index (χ0) is 22.6. The number of hydrogen-bond acceptors (Lipinski definition) is 4. The fraction of sp³-hybridized carbons (Fsp3) is 0.0357. The van der Waals surface area contributed by atoms with Gasteiger partial charge in [-0.05, 0) is 46.7 Å². The van der Waals surface area contributed by atoms with Crippen LogP contribution in [-0.4, -0.2) is 19.6 Å². The van der Waals surface area contributed by atoms with E-state index in [-0.39, 0.29) is 11.7 Å². The molecule has 0 fully saturated rings. The smallest absolute Gasteiger partial charge is 0.228 e. The largest absolute Gasteiger partial charge is 0.438 e. The minimum Gasteiger partial charge on any atom is -0.438 e. The van der Waals surface area contributed by atoms with Gasteiger partial charge < -0.3 is 4.74 Å². The van der Waals surface area contributed by atoms with Crippen LogP contribution in [0.1, 0.15) is 22.6 Å². The van der Waals surface area contributed by atoms with E-state index in [1.807, 2.05) is 36.4 Å². The molecule has 1 aliphatic heterocycles. The van der Waals surface area contributed by atoms with E-state index in [0.29, 0.717) is 17.4 Å². The molecule has 6 heteroatoms. The summed E-state index contributed by atoms with van der Waals surface area (Å²) in [7, 11) is 0. The Hall–Kier alpha value is -4.58. The molecule has 0 amide bonds. The van der Waals surface area contributed by atoms with Crippen LogP contribution in [0.25, 0.3) is 27.8 Å². The van der Waals surface area contributed by atoms with Crippen LogP contribution in [-0.2, 0) is 0 Å². The number of aromatic nitrogens is 4. The van der Waals surface area contributed by atoms with Crippen LogP contribution >= 0.6 is 0 Å². The van der Waals surface area contributed by atoms with Gasteiger partial charge in [0.05, 0.1) is 5.56 Å². The average molecular weight is 444 g/mol. The summed E-state index contributed by atoms with van der Waals surface area (Å²) in [6, 6.07) is 28.9. The van der Waals surface area contributed by atoms with Crippen LogP contribution in [0.4, 0.5) is 4.39 Å². The van der Waals surface area contributed by atoms with Gasteiger partial charge in [0.1, 0.15) is 17.9 Å². The molecule has 34 heavy (non-hydrogen) atoms. The zero-order valence-electron chi connectivity index (χ0n) is 17.9. The molecule has 1 atom stereocenters. The first-order valence-corrected chi connectivity index (χ1v) is 11.0. The maximum Gasteiger partial charge on any atom is 0.228 e. The van der Waals surface area contributed by atoms with Gasteiger partial charge in [-0.3, -0.25) is 0 Å². The predicted octanol–water partition coefficient (Wildman–Crippen LogP) is 6.37. The highest BCUT2D eigenvalue weighted by atomic mass is 19.1. The maximum atomic E-state index is 13.5. The third-order valence-electron chi connectivity index (χ3n) is 6.34. The quantitative estimate of drug-likeness (QED) is 0.311. The lowest BCUT2D eigenvalue weighted by atomic mass is 9.81. The van der Waals surface area contributed by atoms with Crippen LogP contribution in [0.2, 0.25) is 0 Å². The van der Waals surface area contributed by atoms with Crippen molar-refractivity contribution >= 4 is 16.4 Å². The Kier molecular flexibility index (Phi) is 4.02. The van der Waals surface area contributed by atoms with Crippen molar-refractivity contribution in [1.29, 1.82) is 0 Å². The number of fused-ring (bicyclic) bond motifs is 6. The Bertz CT molecular complexity index is 1690. The van der Waals surface area contributed by atoms with Crippen LogP contribution in [0.3, 0.4) is 0 Å². The molecule has 0 saturated carbocycles. The van der Waals surface area contributed by atoms with Gasteiger partial charge in [0, 0.05) is 17.0 Å². The fourth-order valence-corrected chi connectivity index (χ4v) is 4.80. The predicted molar refractivity (Wildman–Crippen MR) is 128 cm³/mol. The topological polar surface area (TPSA) is 52.3 Å². The summed E-state index contributed by atoms with van der Waals surface area (Å²) >= 11 is 0. The summed E-state index contributed by atoms with van der Waals surface area (Å²) in [6.07, 6.45) is 1.61. The molecular weight excluding hydrogens is 427 g/mol. The van der Waals surface area contributed by atoms with Crippen LogP contribution in [0, 0.1) is 5.82 Å². The van der Waals surface area contributed by atoms with Crippen molar-refractivity contribution in [2.24, 2.45) is 0 Å². The fourth-order valence-electron chi connectivity index (χ4n) is 4.80. The minimum absolute atomic E-state index is 0.146. The van der Waals surface area contributed by atoms with Crippen molar-refractivity contribution in [2.75, 3.05) is 0 Å². The van der Waals surface area contributed by atoms with Crippen LogP contribution in [0.5, 0.6) is 11.6 Å². The monoisotopic (exact) mass is 444 g/mol. The molecule has 162 valence electrons. The van der Waals surface area contributed by atoms with E-state index in [9.17, 15) is 4.39 Å². The molecule has 0 bridgehead atoms. The third-order valence-corrected chi connectivity index (χ3v) is 6.34. The first kappa shape index (κ1) is 18.9. The standard InChI is InChI=1S/C28H17FN4O/c29-20-13-10-19(11-14-20)26-31-27-25-23(18-7-2-1-3-8-18)24-21-9-5-4-6-17(21)12-15-22(24)34-28(25)30-16-33(27)32-26/h1-16,23H/t23-/m0/s1. The number of rotatable bonds is 2. The van der Waals surface area contributed by atoms with Crippen molar-refractivity contribution in [1.82, 2.24) is 19.6 Å². The van der Waals surface area contributed by atoms with E-state index in [1.54, 1.807) is 23.0 Å². The summed E-state index contributed by atoms with van der Waals surface area (Å²) in [5.41, 5.74) is 4.46. The van der Waals surface area contributed by atoms with Crippen molar-refractivity contribution in [3.05, 3.63) is 120 Å². The highest BCUT2D eigenvalue weighted by Crippen LogP contribution is 2.50. The number of nitrogens with zero attached hydrogens (tertiary/aromatic N) is 4. The molecule has 0 spiro atoms. The molecule has 0 saturated heterocycles. The van der Waals surface area contributed by atoms with Gasteiger partial charge in [-0.2, -0.15) is 0 Å². The van der Waals surface area contributed by atoms with Crippen LogP contribution < -0.4 is 4.74 Å². The van der Waals surface area contributed by atoms with Gasteiger partial charge in [-0.25, -0.2) is 18.9 Å². The van der Waals surface area contributed by atoms with Gasteiger partial charge >= 0.3 is 0 Å². The van der Waals surface area contributed by atoms with E-state index >= 15 is 0 Å². The molecule has 4 aromatic carbocycles. The van der Waals surface area contributed by atoms with E-state index in [1.165, 1.54) is 12.1 Å².